The van der Waals surface area contributed by atoms with Gasteiger partial charge in [-0.3, -0.25) is 4.79 Å². The molecule has 0 N–H and O–H groups in total. The van der Waals surface area contributed by atoms with Crippen LogP contribution >= 0.6 is 11.8 Å². The molecule has 0 aliphatic carbocycles. The highest BCUT2D eigenvalue weighted by atomic mass is 32.2. The molecule has 5 nitrogen and oxygen atoms in total. The number of carbonyl (C=O) groups is 1. The Hall–Kier alpha value is -1.82. The molecule has 0 fully saturated rings. The van der Waals surface area contributed by atoms with E-state index in [0.717, 1.165) is 43.5 Å². The van der Waals surface area contributed by atoms with Gasteiger partial charge >= 0.3 is 0 Å². The smallest absolute Gasteiger partial charge is 0.233 e. The van der Waals surface area contributed by atoms with Crippen molar-refractivity contribution in [3.8, 4) is 0 Å². The van der Waals surface area contributed by atoms with Gasteiger partial charge in [0, 0.05) is 26.1 Å². The summed E-state index contributed by atoms with van der Waals surface area (Å²) in [5, 5.41) is 9.52. The van der Waals surface area contributed by atoms with Gasteiger partial charge in [0.2, 0.25) is 5.91 Å². The highest BCUT2D eigenvalue weighted by Gasteiger charge is 2.16. The lowest BCUT2D eigenvalue weighted by Crippen LogP contribution is -2.31. The molecule has 0 saturated heterocycles. The molecule has 0 aliphatic heterocycles. The first kappa shape index (κ1) is 18.5. The Bertz CT molecular complexity index is 638. The summed E-state index contributed by atoms with van der Waals surface area (Å²) in [7, 11) is 0. The van der Waals surface area contributed by atoms with Crippen molar-refractivity contribution in [3.63, 3.8) is 0 Å². The summed E-state index contributed by atoms with van der Waals surface area (Å²) in [6, 6.07) is 10.3. The monoisotopic (exact) mass is 346 g/mol. The van der Waals surface area contributed by atoms with Crippen LogP contribution in [-0.2, 0) is 17.8 Å². The van der Waals surface area contributed by atoms with Gasteiger partial charge in [-0.05, 0) is 25.8 Å². The average Bonchev–Trinajstić information content (AvgIpc) is 2.97. The van der Waals surface area contributed by atoms with E-state index in [2.05, 4.69) is 33.8 Å². The van der Waals surface area contributed by atoms with Crippen molar-refractivity contribution in [3.05, 3.63) is 41.7 Å². The average molecular weight is 347 g/mol. The number of thioether (sulfide) groups is 1. The Balaban J connectivity index is 2.08. The zero-order valence-corrected chi connectivity index (χ0v) is 15.6. The summed E-state index contributed by atoms with van der Waals surface area (Å²) in [6.45, 7) is 8.51. The topological polar surface area (TPSA) is 51.0 Å². The fraction of sp³-hybridized carbons (Fsp3) is 0.500. The molecule has 0 aliphatic rings. The van der Waals surface area contributed by atoms with Gasteiger partial charge in [0.25, 0.3) is 0 Å². The van der Waals surface area contributed by atoms with Gasteiger partial charge in [-0.1, -0.05) is 49.0 Å². The second-order valence-electron chi connectivity index (χ2n) is 5.57. The lowest BCUT2D eigenvalue weighted by Gasteiger charge is -2.18. The van der Waals surface area contributed by atoms with Crippen LogP contribution in [-0.4, -0.2) is 44.4 Å². The Labute approximate surface area is 148 Å². The van der Waals surface area contributed by atoms with Gasteiger partial charge < -0.3 is 9.47 Å². The molecule has 0 atom stereocenters. The van der Waals surface area contributed by atoms with Crippen LogP contribution in [0.15, 0.2) is 35.5 Å². The minimum Gasteiger partial charge on any atom is -0.343 e. The fourth-order valence-corrected chi connectivity index (χ4v) is 3.46. The maximum Gasteiger partial charge on any atom is 0.233 e. The number of nitrogens with zero attached hydrogens (tertiary/aromatic N) is 4. The van der Waals surface area contributed by atoms with Crippen LogP contribution in [0.25, 0.3) is 0 Å². The third-order valence-corrected chi connectivity index (χ3v) is 4.84. The first-order chi connectivity index (χ1) is 11.7. The summed E-state index contributed by atoms with van der Waals surface area (Å²) in [5.41, 5.74) is 1.22. The second-order valence-corrected chi connectivity index (χ2v) is 6.51. The van der Waals surface area contributed by atoms with Crippen molar-refractivity contribution in [2.24, 2.45) is 0 Å². The lowest BCUT2D eigenvalue weighted by atomic mass is 10.1. The van der Waals surface area contributed by atoms with Gasteiger partial charge in [0.1, 0.15) is 5.82 Å². The number of rotatable bonds is 9. The molecule has 0 radical (unpaired) electrons. The van der Waals surface area contributed by atoms with E-state index in [1.165, 1.54) is 17.3 Å². The normalized spacial score (nSPS) is 10.8. The van der Waals surface area contributed by atoms with E-state index < -0.39 is 0 Å². The van der Waals surface area contributed by atoms with Crippen molar-refractivity contribution in [2.75, 3.05) is 18.8 Å². The van der Waals surface area contributed by atoms with Gasteiger partial charge in [0.05, 0.1) is 5.75 Å². The van der Waals surface area contributed by atoms with E-state index in [-0.39, 0.29) is 5.91 Å². The van der Waals surface area contributed by atoms with E-state index in [0.29, 0.717) is 5.75 Å². The molecule has 0 spiro atoms. The van der Waals surface area contributed by atoms with Crippen molar-refractivity contribution >= 4 is 17.7 Å². The Morgan fingerprint density at radius 1 is 1.12 bits per heavy atom. The maximum absolute atomic E-state index is 12.2. The highest BCUT2D eigenvalue weighted by Crippen LogP contribution is 2.20. The summed E-state index contributed by atoms with van der Waals surface area (Å²) in [6.07, 6.45) is 1.77. The number of amides is 1. The number of aromatic nitrogens is 3. The minimum absolute atomic E-state index is 0.153. The zero-order chi connectivity index (χ0) is 17.4. The van der Waals surface area contributed by atoms with Gasteiger partial charge in [-0.25, -0.2) is 0 Å². The molecule has 0 saturated carbocycles. The molecule has 1 heterocycles. The molecule has 1 aromatic heterocycles. The van der Waals surface area contributed by atoms with Crippen LogP contribution < -0.4 is 0 Å². The van der Waals surface area contributed by atoms with E-state index in [1.807, 2.05) is 36.9 Å². The van der Waals surface area contributed by atoms with E-state index >= 15 is 0 Å². The third-order valence-electron chi connectivity index (χ3n) is 3.89. The molecular weight excluding hydrogens is 320 g/mol. The summed E-state index contributed by atoms with van der Waals surface area (Å²) < 4.78 is 2.15. The van der Waals surface area contributed by atoms with Crippen LogP contribution in [0.1, 0.15) is 38.6 Å². The molecule has 1 amide bonds. The minimum atomic E-state index is 0.153. The molecule has 0 unspecified atom stereocenters. The van der Waals surface area contributed by atoms with Gasteiger partial charge in [-0.15, -0.1) is 10.2 Å². The molecule has 2 rings (SSSR count). The largest absolute Gasteiger partial charge is 0.343 e. The highest BCUT2D eigenvalue weighted by molar-refractivity contribution is 7.99. The van der Waals surface area contributed by atoms with Crippen molar-refractivity contribution in [1.29, 1.82) is 0 Å². The zero-order valence-electron chi connectivity index (χ0n) is 14.7. The van der Waals surface area contributed by atoms with Crippen LogP contribution in [0.4, 0.5) is 0 Å². The lowest BCUT2D eigenvalue weighted by molar-refractivity contribution is -0.127. The Morgan fingerprint density at radius 3 is 2.46 bits per heavy atom. The van der Waals surface area contributed by atoms with Crippen LogP contribution in [0.3, 0.4) is 0 Å². The predicted molar refractivity (Wildman–Crippen MR) is 98.2 cm³/mol. The fourth-order valence-electron chi connectivity index (χ4n) is 2.58. The molecule has 24 heavy (non-hydrogen) atoms. The van der Waals surface area contributed by atoms with Crippen LogP contribution in [0.2, 0.25) is 0 Å². The third kappa shape index (κ3) is 4.84. The molecule has 2 aromatic rings. The number of hydrogen-bond donors (Lipinski definition) is 0. The summed E-state index contributed by atoms with van der Waals surface area (Å²) >= 11 is 1.48. The maximum atomic E-state index is 12.2. The number of carbonyl (C=O) groups excluding carboxylic acids is 1. The molecule has 130 valence electrons. The summed E-state index contributed by atoms with van der Waals surface area (Å²) in [5.74, 6) is 1.52. The SMILES string of the molecule is CCCn1c(Cc2ccccc2)nnc1SCC(=O)N(CC)CC. The van der Waals surface area contributed by atoms with Crippen LogP contribution in [0.5, 0.6) is 0 Å². The quantitative estimate of drug-likeness (QED) is 0.654. The summed E-state index contributed by atoms with van der Waals surface area (Å²) in [4.78, 5) is 14.0. The van der Waals surface area contributed by atoms with E-state index in [9.17, 15) is 4.79 Å². The standard InChI is InChI=1S/C18H26N4OS/c1-4-12-22-16(13-15-10-8-7-9-11-15)19-20-18(22)24-14-17(23)21(5-2)6-3/h7-11H,4-6,12-14H2,1-3H3. The van der Waals surface area contributed by atoms with Crippen molar-refractivity contribution in [2.45, 2.75) is 45.3 Å². The van der Waals surface area contributed by atoms with Crippen LogP contribution in [0, 0.1) is 0 Å². The van der Waals surface area contributed by atoms with E-state index in [1.54, 1.807) is 0 Å². The molecule has 0 bridgehead atoms. The van der Waals surface area contributed by atoms with Crippen molar-refractivity contribution in [1.82, 2.24) is 19.7 Å². The Morgan fingerprint density at radius 2 is 1.83 bits per heavy atom. The van der Waals surface area contributed by atoms with Gasteiger partial charge in [0.15, 0.2) is 5.16 Å². The Kier molecular flexibility index (Phi) is 7.31. The van der Waals surface area contributed by atoms with Gasteiger partial charge in [-0.2, -0.15) is 0 Å². The second kappa shape index (κ2) is 9.47. The van der Waals surface area contributed by atoms with E-state index in [4.69, 9.17) is 0 Å². The first-order valence-electron chi connectivity index (χ1n) is 8.56. The number of benzene rings is 1. The molecule has 6 heteroatoms. The number of hydrogen-bond acceptors (Lipinski definition) is 4. The first-order valence-corrected chi connectivity index (χ1v) is 9.54. The predicted octanol–water partition coefficient (Wildman–Crippen LogP) is 3.24. The molecule has 1 aromatic carbocycles. The molecular formula is C18H26N4OS. The van der Waals surface area contributed by atoms with Crippen molar-refractivity contribution < 1.29 is 4.79 Å².